The second kappa shape index (κ2) is 2.57. The van der Waals surface area contributed by atoms with E-state index in [1.165, 1.54) is 0 Å². The van der Waals surface area contributed by atoms with Gasteiger partial charge in [0, 0.05) is 5.57 Å². The summed E-state index contributed by atoms with van der Waals surface area (Å²) in [6.45, 7) is 7.39. The van der Waals surface area contributed by atoms with Crippen LogP contribution >= 0.6 is 11.6 Å². The summed E-state index contributed by atoms with van der Waals surface area (Å²) in [5.74, 6) is 0. The van der Waals surface area contributed by atoms with Crippen molar-refractivity contribution >= 4 is 17.9 Å². The van der Waals surface area contributed by atoms with Gasteiger partial charge >= 0.3 is 0 Å². The number of carbonyl (C=O) groups excluding carboxylic acids is 1. The molecule has 0 N–H and O–H groups in total. The van der Waals surface area contributed by atoms with E-state index >= 15 is 0 Å². The number of halogens is 1. The maximum absolute atomic E-state index is 10.7. The highest BCUT2D eigenvalue weighted by molar-refractivity contribution is 6.32. The van der Waals surface area contributed by atoms with Crippen LogP contribution in [-0.2, 0) is 9.53 Å². The summed E-state index contributed by atoms with van der Waals surface area (Å²) in [7, 11) is 0. The number of ether oxygens (including phenoxy) is 1. The Morgan fingerprint density at radius 2 is 1.75 bits per heavy atom. The first-order valence-electron chi connectivity index (χ1n) is 3.87. The summed E-state index contributed by atoms with van der Waals surface area (Å²) in [6, 6.07) is 0. The molecule has 0 spiro atoms. The van der Waals surface area contributed by atoms with Crippen molar-refractivity contribution in [2.75, 3.05) is 0 Å². The zero-order valence-electron chi connectivity index (χ0n) is 7.77. The van der Waals surface area contributed by atoms with E-state index in [1.807, 2.05) is 27.7 Å². The van der Waals surface area contributed by atoms with Crippen LogP contribution in [0.1, 0.15) is 27.7 Å². The SMILES string of the molecule is CC1(C)OC(C)(C)C(C=O)=C1Cl. The Labute approximate surface area is 77.5 Å². The average molecular weight is 189 g/mol. The minimum atomic E-state index is -0.553. The van der Waals surface area contributed by atoms with Gasteiger partial charge in [-0.05, 0) is 27.7 Å². The number of carbonyl (C=O) groups is 1. The molecule has 0 aromatic carbocycles. The van der Waals surface area contributed by atoms with Crippen molar-refractivity contribution in [3.8, 4) is 0 Å². The van der Waals surface area contributed by atoms with Crippen molar-refractivity contribution in [1.82, 2.24) is 0 Å². The normalized spacial score (nSPS) is 26.1. The van der Waals surface area contributed by atoms with Gasteiger partial charge in [-0.25, -0.2) is 0 Å². The largest absolute Gasteiger partial charge is 0.359 e. The lowest BCUT2D eigenvalue weighted by molar-refractivity contribution is -0.108. The van der Waals surface area contributed by atoms with E-state index in [2.05, 4.69) is 0 Å². The minimum absolute atomic E-state index is 0.516. The van der Waals surface area contributed by atoms with Crippen LogP contribution in [0.2, 0.25) is 0 Å². The molecule has 0 radical (unpaired) electrons. The molecule has 0 unspecified atom stereocenters. The third-order valence-electron chi connectivity index (χ3n) is 2.04. The summed E-state index contributed by atoms with van der Waals surface area (Å²) >= 11 is 5.98. The summed E-state index contributed by atoms with van der Waals surface area (Å²) in [5.41, 5.74) is -0.530. The van der Waals surface area contributed by atoms with E-state index in [-0.39, 0.29) is 0 Å². The van der Waals surface area contributed by atoms with E-state index in [1.54, 1.807) is 0 Å². The van der Waals surface area contributed by atoms with Crippen molar-refractivity contribution in [2.45, 2.75) is 38.9 Å². The summed E-state index contributed by atoms with van der Waals surface area (Å²) in [5, 5.41) is 0.516. The molecule has 0 saturated carbocycles. The standard InChI is InChI=1S/C9H13ClO2/c1-8(2)6(5-11)7(10)9(3,4)12-8/h5H,1-4H3. The molecule has 1 aliphatic heterocycles. The highest BCUT2D eigenvalue weighted by Crippen LogP contribution is 2.43. The van der Waals surface area contributed by atoms with Gasteiger partial charge in [0.05, 0.1) is 16.2 Å². The van der Waals surface area contributed by atoms with E-state index < -0.39 is 11.2 Å². The van der Waals surface area contributed by atoms with Crippen LogP contribution in [0, 0.1) is 0 Å². The predicted octanol–water partition coefficient (Wildman–Crippen LogP) is 2.27. The molecule has 0 aliphatic carbocycles. The lowest BCUT2D eigenvalue weighted by Gasteiger charge is -2.25. The van der Waals surface area contributed by atoms with Crippen molar-refractivity contribution in [1.29, 1.82) is 0 Å². The Kier molecular flexibility index (Phi) is 2.09. The molecule has 0 fully saturated rings. The van der Waals surface area contributed by atoms with Crippen LogP contribution in [0.15, 0.2) is 10.6 Å². The summed E-state index contributed by atoms with van der Waals surface area (Å²) in [6.07, 6.45) is 0.775. The van der Waals surface area contributed by atoms with Gasteiger partial charge < -0.3 is 4.74 Å². The minimum Gasteiger partial charge on any atom is -0.359 e. The van der Waals surface area contributed by atoms with Crippen molar-refractivity contribution in [3.05, 3.63) is 10.6 Å². The van der Waals surface area contributed by atoms with Gasteiger partial charge in [0.2, 0.25) is 0 Å². The van der Waals surface area contributed by atoms with Crippen LogP contribution in [0.3, 0.4) is 0 Å². The zero-order valence-corrected chi connectivity index (χ0v) is 8.53. The molecule has 0 saturated heterocycles. The quantitative estimate of drug-likeness (QED) is 0.590. The maximum Gasteiger partial charge on any atom is 0.150 e. The van der Waals surface area contributed by atoms with Crippen LogP contribution in [0.25, 0.3) is 0 Å². The molecular formula is C9H13ClO2. The topological polar surface area (TPSA) is 26.3 Å². The Morgan fingerprint density at radius 1 is 1.25 bits per heavy atom. The molecule has 0 aromatic heterocycles. The Balaban J connectivity index is 3.19. The zero-order chi connectivity index (χ0) is 9.57. The fourth-order valence-corrected chi connectivity index (χ4v) is 1.83. The van der Waals surface area contributed by atoms with Gasteiger partial charge in [0.1, 0.15) is 6.29 Å². The number of hydrogen-bond donors (Lipinski definition) is 0. The van der Waals surface area contributed by atoms with Crippen LogP contribution in [0.4, 0.5) is 0 Å². The van der Waals surface area contributed by atoms with Gasteiger partial charge in [-0.2, -0.15) is 0 Å². The highest BCUT2D eigenvalue weighted by Gasteiger charge is 2.44. The first-order chi connectivity index (χ1) is 5.31. The highest BCUT2D eigenvalue weighted by atomic mass is 35.5. The van der Waals surface area contributed by atoms with Gasteiger partial charge in [0.25, 0.3) is 0 Å². The van der Waals surface area contributed by atoms with Crippen molar-refractivity contribution < 1.29 is 9.53 Å². The maximum atomic E-state index is 10.7. The molecule has 1 rings (SSSR count). The lowest BCUT2D eigenvalue weighted by atomic mass is 9.99. The fourth-order valence-electron chi connectivity index (χ4n) is 1.52. The molecule has 0 bridgehead atoms. The first kappa shape index (κ1) is 9.75. The van der Waals surface area contributed by atoms with Crippen LogP contribution in [-0.4, -0.2) is 17.5 Å². The molecule has 0 atom stereocenters. The van der Waals surface area contributed by atoms with Crippen molar-refractivity contribution in [2.24, 2.45) is 0 Å². The molecule has 0 aromatic rings. The van der Waals surface area contributed by atoms with Crippen molar-refractivity contribution in [3.63, 3.8) is 0 Å². The molecular weight excluding hydrogens is 176 g/mol. The third-order valence-corrected chi connectivity index (χ3v) is 2.70. The number of rotatable bonds is 1. The molecule has 12 heavy (non-hydrogen) atoms. The number of hydrogen-bond acceptors (Lipinski definition) is 2. The van der Waals surface area contributed by atoms with Crippen LogP contribution in [0.5, 0.6) is 0 Å². The monoisotopic (exact) mass is 188 g/mol. The summed E-state index contributed by atoms with van der Waals surface area (Å²) < 4.78 is 5.61. The lowest BCUT2D eigenvalue weighted by Crippen LogP contribution is -2.29. The molecule has 3 heteroatoms. The van der Waals surface area contributed by atoms with Gasteiger partial charge in [-0.15, -0.1) is 0 Å². The summed E-state index contributed by atoms with van der Waals surface area (Å²) in [4.78, 5) is 10.7. The average Bonchev–Trinajstić information content (AvgIpc) is 1.98. The van der Waals surface area contributed by atoms with E-state index in [9.17, 15) is 4.79 Å². The van der Waals surface area contributed by atoms with E-state index in [0.717, 1.165) is 6.29 Å². The van der Waals surface area contributed by atoms with E-state index in [0.29, 0.717) is 10.6 Å². The molecule has 2 nitrogen and oxygen atoms in total. The molecule has 1 heterocycles. The smallest absolute Gasteiger partial charge is 0.150 e. The molecule has 0 amide bonds. The van der Waals surface area contributed by atoms with E-state index in [4.69, 9.17) is 16.3 Å². The fraction of sp³-hybridized carbons (Fsp3) is 0.667. The Bertz CT molecular complexity index is 251. The second-order valence-corrected chi connectivity index (χ2v) is 4.35. The van der Waals surface area contributed by atoms with Crippen LogP contribution < -0.4 is 0 Å². The van der Waals surface area contributed by atoms with Gasteiger partial charge in [-0.1, -0.05) is 11.6 Å². The third kappa shape index (κ3) is 1.29. The first-order valence-corrected chi connectivity index (χ1v) is 4.25. The Hall–Kier alpha value is -0.340. The number of aldehydes is 1. The van der Waals surface area contributed by atoms with Gasteiger partial charge in [0.15, 0.2) is 0 Å². The second-order valence-electron chi connectivity index (χ2n) is 3.97. The molecule has 68 valence electrons. The molecule has 1 aliphatic rings. The van der Waals surface area contributed by atoms with Gasteiger partial charge in [-0.3, -0.25) is 4.79 Å². The predicted molar refractivity (Wildman–Crippen MR) is 48.2 cm³/mol. The Morgan fingerprint density at radius 3 is 1.92 bits per heavy atom.